The monoisotopic (exact) mass is 204 g/mol. The molecule has 2 saturated heterocycles. The van der Waals surface area contributed by atoms with E-state index < -0.39 is 0 Å². The van der Waals surface area contributed by atoms with E-state index in [1.807, 2.05) is 12.4 Å². The molecule has 80 valence electrons. The number of aromatic nitrogens is 2. The van der Waals surface area contributed by atoms with Crippen LogP contribution in [0.2, 0.25) is 0 Å². The summed E-state index contributed by atoms with van der Waals surface area (Å²) in [6.45, 7) is 4.67. The molecule has 4 nitrogen and oxygen atoms in total. The lowest BCUT2D eigenvalue weighted by molar-refractivity contribution is 0.369. The summed E-state index contributed by atoms with van der Waals surface area (Å²) in [5, 5.41) is 3.47. The van der Waals surface area contributed by atoms with Gasteiger partial charge in [0, 0.05) is 25.0 Å². The molecule has 0 aliphatic carbocycles. The summed E-state index contributed by atoms with van der Waals surface area (Å²) >= 11 is 0. The number of hydrogen-bond donors (Lipinski definition) is 1. The highest BCUT2D eigenvalue weighted by Gasteiger charge is 2.40. The maximum atomic E-state index is 4.08. The quantitative estimate of drug-likeness (QED) is 0.730. The van der Waals surface area contributed by atoms with E-state index in [1.54, 1.807) is 6.33 Å². The fourth-order valence-electron chi connectivity index (χ4n) is 2.75. The van der Waals surface area contributed by atoms with Crippen LogP contribution in [0.3, 0.4) is 0 Å². The van der Waals surface area contributed by atoms with Crippen molar-refractivity contribution in [2.75, 3.05) is 31.1 Å². The molecule has 2 aliphatic heterocycles. The van der Waals surface area contributed by atoms with Crippen molar-refractivity contribution in [1.82, 2.24) is 15.3 Å². The van der Waals surface area contributed by atoms with Crippen molar-refractivity contribution >= 4 is 5.69 Å². The maximum absolute atomic E-state index is 4.08. The highest BCUT2D eigenvalue weighted by atomic mass is 15.2. The van der Waals surface area contributed by atoms with Crippen LogP contribution in [0.15, 0.2) is 18.7 Å². The molecule has 1 atom stereocenters. The molecule has 0 radical (unpaired) electrons. The first-order chi connectivity index (χ1) is 7.38. The Balaban J connectivity index is 1.76. The van der Waals surface area contributed by atoms with Gasteiger partial charge in [0.1, 0.15) is 6.33 Å². The largest absolute Gasteiger partial charge is 0.368 e. The van der Waals surface area contributed by atoms with E-state index in [4.69, 9.17) is 0 Å². The summed E-state index contributed by atoms with van der Waals surface area (Å²) in [4.78, 5) is 10.6. The van der Waals surface area contributed by atoms with E-state index in [2.05, 4.69) is 20.2 Å². The zero-order valence-electron chi connectivity index (χ0n) is 8.82. The summed E-state index contributed by atoms with van der Waals surface area (Å²) < 4.78 is 0. The number of rotatable bonds is 1. The van der Waals surface area contributed by atoms with Gasteiger partial charge in [-0.05, 0) is 19.4 Å². The minimum absolute atomic E-state index is 0.524. The second-order valence-corrected chi connectivity index (χ2v) is 4.70. The van der Waals surface area contributed by atoms with Crippen LogP contribution in [0.25, 0.3) is 0 Å². The summed E-state index contributed by atoms with van der Waals surface area (Å²) in [5.74, 6) is 0. The van der Waals surface area contributed by atoms with Crippen LogP contribution >= 0.6 is 0 Å². The summed E-state index contributed by atoms with van der Waals surface area (Å²) in [6.07, 6.45) is 8.03. The lowest BCUT2D eigenvalue weighted by Crippen LogP contribution is -2.29. The highest BCUT2D eigenvalue weighted by Crippen LogP contribution is 2.37. The van der Waals surface area contributed by atoms with Gasteiger partial charge in [-0.2, -0.15) is 0 Å². The fraction of sp³-hybridized carbons (Fsp3) is 0.636. The molecule has 0 bridgehead atoms. The van der Waals surface area contributed by atoms with E-state index in [9.17, 15) is 0 Å². The Morgan fingerprint density at radius 1 is 1.27 bits per heavy atom. The molecule has 0 aromatic carbocycles. The Kier molecular flexibility index (Phi) is 2.09. The molecule has 0 amide bonds. The summed E-state index contributed by atoms with van der Waals surface area (Å²) in [7, 11) is 0. The Hall–Kier alpha value is -1.16. The average Bonchev–Trinajstić information content (AvgIpc) is 2.91. The molecule has 2 fully saturated rings. The Labute approximate surface area is 89.7 Å². The Morgan fingerprint density at radius 2 is 2.13 bits per heavy atom. The third-order valence-corrected chi connectivity index (χ3v) is 3.68. The molecule has 2 aliphatic rings. The van der Waals surface area contributed by atoms with E-state index in [1.165, 1.54) is 31.6 Å². The van der Waals surface area contributed by atoms with Gasteiger partial charge in [-0.1, -0.05) is 0 Å². The van der Waals surface area contributed by atoms with Crippen LogP contribution in [0.1, 0.15) is 12.8 Å². The van der Waals surface area contributed by atoms with Gasteiger partial charge in [0.2, 0.25) is 0 Å². The zero-order chi connectivity index (χ0) is 10.1. The van der Waals surface area contributed by atoms with Crippen LogP contribution in [0.4, 0.5) is 5.69 Å². The molecule has 3 heterocycles. The molecule has 4 heteroatoms. The van der Waals surface area contributed by atoms with Gasteiger partial charge in [-0.3, -0.25) is 0 Å². The number of nitrogens with one attached hydrogen (secondary N) is 1. The van der Waals surface area contributed by atoms with E-state index in [-0.39, 0.29) is 0 Å². The predicted octanol–water partition coefficient (Wildman–Crippen LogP) is 0.666. The van der Waals surface area contributed by atoms with Crippen LogP contribution < -0.4 is 10.2 Å². The van der Waals surface area contributed by atoms with Crippen molar-refractivity contribution in [2.45, 2.75) is 12.8 Å². The first-order valence-corrected chi connectivity index (χ1v) is 5.59. The molecular weight excluding hydrogens is 188 g/mol. The smallest absolute Gasteiger partial charge is 0.115 e. The van der Waals surface area contributed by atoms with Gasteiger partial charge in [0.15, 0.2) is 0 Å². The number of anilines is 1. The Morgan fingerprint density at radius 3 is 2.87 bits per heavy atom. The standard InChI is InChI=1S/C11H16N4/c1-3-12-7-11(1)2-4-15(8-11)10-5-13-9-14-6-10/h5-6,9,12H,1-4,7-8H2. The Bertz CT molecular complexity index is 332. The molecule has 3 rings (SSSR count). The van der Waals surface area contributed by atoms with Crippen LogP contribution in [-0.2, 0) is 0 Å². The number of hydrogen-bond acceptors (Lipinski definition) is 4. The van der Waals surface area contributed by atoms with Crippen molar-refractivity contribution in [3.05, 3.63) is 18.7 Å². The second kappa shape index (κ2) is 3.45. The molecular formula is C11H16N4. The van der Waals surface area contributed by atoms with Crippen LogP contribution in [0.5, 0.6) is 0 Å². The number of nitrogens with zero attached hydrogens (tertiary/aromatic N) is 3. The topological polar surface area (TPSA) is 41.1 Å². The van der Waals surface area contributed by atoms with Gasteiger partial charge in [-0.15, -0.1) is 0 Å². The average molecular weight is 204 g/mol. The van der Waals surface area contributed by atoms with Gasteiger partial charge in [0.25, 0.3) is 0 Å². The van der Waals surface area contributed by atoms with Crippen molar-refractivity contribution < 1.29 is 0 Å². The van der Waals surface area contributed by atoms with Crippen molar-refractivity contribution in [1.29, 1.82) is 0 Å². The third kappa shape index (κ3) is 1.59. The van der Waals surface area contributed by atoms with Crippen molar-refractivity contribution in [3.8, 4) is 0 Å². The summed E-state index contributed by atoms with van der Waals surface area (Å²) in [5.41, 5.74) is 1.69. The van der Waals surface area contributed by atoms with E-state index in [0.29, 0.717) is 5.41 Å². The minimum Gasteiger partial charge on any atom is -0.368 e. The normalized spacial score (nSPS) is 30.3. The molecule has 1 unspecified atom stereocenters. The summed E-state index contributed by atoms with van der Waals surface area (Å²) in [6, 6.07) is 0. The first kappa shape index (κ1) is 9.09. The first-order valence-electron chi connectivity index (χ1n) is 5.59. The SMILES string of the molecule is c1ncc(N2CCC3(CCNC3)C2)cn1. The molecule has 1 aromatic heterocycles. The lowest BCUT2D eigenvalue weighted by atomic mass is 9.87. The molecule has 0 saturated carbocycles. The third-order valence-electron chi connectivity index (χ3n) is 3.68. The molecule has 15 heavy (non-hydrogen) atoms. The van der Waals surface area contributed by atoms with Gasteiger partial charge >= 0.3 is 0 Å². The van der Waals surface area contributed by atoms with E-state index in [0.717, 1.165) is 13.1 Å². The fourth-order valence-corrected chi connectivity index (χ4v) is 2.75. The molecule has 1 N–H and O–H groups in total. The van der Waals surface area contributed by atoms with Gasteiger partial charge in [-0.25, -0.2) is 9.97 Å². The lowest BCUT2D eigenvalue weighted by Gasteiger charge is -2.23. The van der Waals surface area contributed by atoms with Crippen molar-refractivity contribution in [3.63, 3.8) is 0 Å². The predicted molar refractivity (Wildman–Crippen MR) is 58.8 cm³/mol. The highest BCUT2D eigenvalue weighted by molar-refractivity contribution is 5.43. The minimum atomic E-state index is 0.524. The molecule has 1 spiro atoms. The maximum Gasteiger partial charge on any atom is 0.115 e. The molecule has 1 aromatic rings. The van der Waals surface area contributed by atoms with Crippen LogP contribution in [-0.4, -0.2) is 36.1 Å². The van der Waals surface area contributed by atoms with Gasteiger partial charge in [0.05, 0.1) is 18.1 Å². The van der Waals surface area contributed by atoms with Crippen LogP contribution in [0, 0.1) is 5.41 Å². The zero-order valence-corrected chi connectivity index (χ0v) is 8.82. The van der Waals surface area contributed by atoms with Crippen molar-refractivity contribution in [2.24, 2.45) is 5.41 Å². The van der Waals surface area contributed by atoms with Gasteiger partial charge < -0.3 is 10.2 Å². The van der Waals surface area contributed by atoms with E-state index >= 15 is 0 Å². The second-order valence-electron chi connectivity index (χ2n) is 4.70.